The van der Waals surface area contributed by atoms with Crippen LogP contribution in [0.5, 0.6) is 0 Å². The number of alkyl halides is 1. The van der Waals surface area contributed by atoms with Crippen LogP contribution in [-0.4, -0.2) is 12.9 Å². The van der Waals surface area contributed by atoms with Gasteiger partial charge >= 0.3 is 0 Å². The average Bonchev–Trinajstić information content (AvgIpc) is 2.46. The molecule has 0 bridgehead atoms. The van der Waals surface area contributed by atoms with Crippen LogP contribution in [0.25, 0.3) is 11.1 Å². The van der Waals surface area contributed by atoms with Gasteiger partial charge in [0.05, 0.1) is 0 Å². The second-order valence-electron chi connectivity index (χ2n) is 4.31. The molecule has 94 valence electrons. The summed E-state index contributed by atoms with van der Waals surface area (Å²) in [7, 11) is 1.97. The number of hydrogen-bond donors (Lipinski definition) is 1. The van der Waals surface area contributed by atoms with E-state index in [-0.39, 0.29) is 0 Å². The van der Waals surface area contributed by atoms with E-state index in [4.69, 9.17) is 11.6 Å². The number of rotatable bonds is 5. The van der Waals surface area contributed by atoms with E-state index in [1.165, 1.54) is 16.7 Å². The SMILES string of the molecule is CNC(CCCl)c1ccc(-c2ccccc2)cc1. The first kappa shape index (κ1) is 13.1. The van der Waals surface area contributed by atoms with Gasteiger partial charge in [-0.2, -0.15) is 0 Å². The molecule has 2 aromatic carbocycles. The van der Waals surface area contributed by atoms with Crippen LogP contribution in [0.1, 0.15) is 18.0 Å². The molecule has 0 aliphatic heterocycles. The first-order valence-electron chi connectivity index (χ1n) is 6.23. The zero-order valence-electron chi connectivity index (χ0n) is 10.6. The lowest BCUT2D eigenvalue weighted by molar-refractivity contribution is 0.580. The molecule has 0 heterocycles. The monoisotopic (exact) mass is 259 g/mol. The van der Waals surface area contributed by atoms with Crippen LogP contribution in [0, 0.1) is 0 Å². The Morgan fingerprint density at radius 1 is 0.944 bits per heavy atom. The molecule has 0 aromatic heterocycles. The quantitative estimate of drug-likeness (QED) is 0.792. The van der Waals surface area contributed by atoms with Crippen LogP contribution >= 0.6 is 11.6 Å². The molecular formula is C16H18ClN. The molecule has 0 amide bonds. The van der Waals surface area contributed by atoms with Crippen molar-refractivity contribution in [3.8, 4) is 11.1 Å². The molecule has 0 radical (unpaired) electrons. The van der Waals surface area contributed by atoms with Crippen LogP contribution in [0.2, 0.25) is 0 Å². The van der Waals surface area contributed by atoms with Crippen molar-refractivity contribution in [2.24, 2.45) is 0 Å². The number of nitrogens with one attached hydrogen (secondary N) is 1. The number of benzene rings is 2. The molecular weight excluding hydrogens is 242 g/mol. The molecule has 2 rings (SSSR count). The van der Waals surface area contributed by atoms with Gasteiger partial charge in [0.15, 0.2) is 0 Å². The van der Waals surface area contributed by atoms with Gasteiger partial charge in [0, 0.05) is 11.9 Å². The van der Waals surface area contributed by atoms with Crippen molar-refractivity contribution < 1.29 is 0 Å². The maximum atomic E-state index is 5.81. The summed E-state index contributed by atoms with van der Waals surface area (Å²) >= 11 is 5.81. The smallest absolute Gasteiger partial charge is 0.0328 e. The highest BCUT2D eigenvalue weighted by Gasteiger charge is 2.08. The Morgan fingerprint density at radius 2 is 1.56 bits per heavy atom. The molecule has 1 atom stereocenters. The second kappa shape index (κ2) is 6.58. The van der Waals surface area contributed by atoms with Crippen molar-refractivity contribution in [2.45, 2.75) is 12.5 Å². The molecule has 0 saturated carbocycles. The van der Waals surface area contributed by atoms with E-state index in [1.54, 1.807) is 0 Å². The summed E-state index contributed by atoms with van der Waals surface area (Å²) in [5, 5.41) is 3.29. The molecule has 0 aliphatic rings. The third kappa shape index (κ3) is 3.12. The van der Waals surface area contributed by atoms with Gasteiger partial charge in [0.2, 0.25) is 0 Å². The second-order valence-corrected chi connectivity index (χ2v) is 4.68. The minimum Gasteiger partial charge on any atom is -0.313 e. The number of hydrogen-bond acceptors (Lipinski definition) is 1. The van der Waals surface area contributed by atoms with Crippen LogP contribution in [0.3, 0.4) is 0 Å². The van der Waals surface area contributed by atoms with Gasteiger partial charge in [0.1, 0.15) is 0 Å². The summed E-state index contributed by atoms with van der Waals surface area (Å²) in [5.74, 6) is 0.673. The zero-order chi connectivity index (χ0) is 12.8. The summed E-state index contributed by atoms with van der Waals surface area (Å²) in [6.45, 7) is 0. The Morgan fingerprint density at radius 3 is 2.11 bits per heavy atom. The van der Waals surface area contributed by atoms with E-state index < -0.39 is 0 Å². The fraction of sp³-hybridized carbons (Fsp3) is 0.250. The average molecular weight is 260 g/mol. The predicted octanol–water partition coefficient (Wildman–Crippen LogP) is 4.24. The van der Waals surface area contributed by atoms with Gasteiger partial charge in [0.25, 0.3) is 0 Å². The largest absolute Gasteiger partial charge is 0.313 e. The summed E-state index contributed by atoms with van der Waals surface area (Å²) in [5.41, 5.74) is 3.79. The third-order valence-corrected chi connectivity index (χ3v) is 3.38. The Bertz CT molecular complexity index is 464. The molecule has 1 N–H and O–H groups in total. The molecule has 0 spiro atoms. The molecule has 2 heteroatoms. The summed E-state index contributed by atoms with van der Waals surface area (Å²) < 4.78 is 0. The summed E-state index contributed by atoms with van der Waals surface area (Å²) in [4.78, 5) is 0. The molecule has 1 unspecified atom stereocenters. The highest BCUT2D eigenvalue weighted by Crippen LogP contribution is 2.23. The maximum absolute atomic E-state index is 5.81. The minimum absolute atomic E-state index is 0.340. The topological polar surface area (TPSA) is 12.0 Å². The molecule has 0 fully saturated rings. The van der Waals surface area contributed by atoms with Crippen LogP contribution < -0.4 is 5.32 Å². The molecule has 0 aliphatic carbocycles. The van der Waals surface area contributed by atoms with Gasteiger partial charge in [-0.1, -0.05) is 54.6 Å². The number of halogens is 1. The Balaban J connectivity index is 2.19. The molecule has 18 heavy (non-hydrogen) atoms. The highest BCUT2D eigenvalue weighted by molar-refractivity contribution is 6.17. The van der Waals surface area contributed by atoms with Gasteiger partial charge in [-0.05, 0) is 30.2 Å². The van der Waals surface area contributed by atoms with Crippen molar-refractivity contribution in [2.75, 3.05) is 12.9 Å². The Kier molecular flexibility index (Phi) is 4.80. The van der Waals surface area contributed by atoms with E-state index in [2.05, 4.69) is 53.8 Å². The lowest BCUT2D eigenvalue weighted by Crippen LogP contribution is -2.16. The van der Waals surface area contributed by atoms with Crippen molar-refractivity contribution in [1.29, 1.82) is 0 Å². The maximum Gasteiger partial charge on any atom is 0.0328 e. The van der Waals surface area contributed by atoms with Gasteiger partial charge in [-0.3, -0.25) is 0 Å². The van der Waals surface area contributed by atoms with E-state index in [0.717, 1.165) is 6.42 Å². The lowest BCUT2D eigenvalue weighted by atomic mass is 10.00. The fourth-order valence-electron chi connectivity index (χ4n) is 2.13. The van der Waals surface area contributed by atoms with Crippen molar-refractivity contribution in [3.05, 3.63) is 60.2 Å². The van der Waals surface area contributed by atoms with Crippen molar-refractivity contribution >= 4 is 11.6 Å². The summed E-state index contributed by atoms with van der Waals surface area (Å²) in [6, 6.07) is 19.5. The third-order valence-electron chi connectivity index (χ3n) is 3.17. The lowest BCUT2D eigenvalue weighted by Gasteiger charge is -2.15. The van der Waals surface area contributed by atoms with Gasteiger partial charge in [-0.15, -0.1) is 11.6 Å². The first-order valence-corrected chi connectivity index (χ1v) is 6.77. The van der Waals surface area contributed by atoms with Crippen molar-refractivity contribution in [3.63, 3.8) is 0 Å². The van der Waals surface area contributed by atoms with Crippen molar-refractivity contribution in [1.82, 2.24) is 5.32 Å². The van der Waals surface area contributed by atoms with Crippen LogP contribution in [-0.2, 0) is 0 Å². The highest BCUT2D eigenvalue weighted by atomic mass is 35.5. The van der Waals surface area contributed by atoms with Gasteiger partial charge < -0.3 is 5.32 Å². The molecule has 0 saturated heterocycles. The fourth-order valence-corrected chi connectivity index (χ4v) is 2.34. The molecule has 1 nitrogen and oxygen atoms in total. The van der Waals surface area contributed by atoms with Crippen LogP contribution in [0.15, 0.2) is 54.6 Å². The zero-order valence-corrected chi connectivity index (χ0v) is 11.3. The standard InChI is InChI=1S/C16H18ClN/c1-18-16(11-12-17)15-9-7-14(8-10-15)13-5-3-2-4-6-13/h2-10,16,18H,11-12H2,1H3. The molecule has 2 aromatic rings. The normalized spacial score (nSPS) is 12.3. The van der Waals surface area contributed by atoms with Crippen LogP contribution in [0.4, 0.5) is 0 Å². The minimum atomic E-state index is 0.340. The first-order chi connectivity index (χ1) is 8.85. The van der Waals surface area contributed by atoms with E-state index in [9.17, 15) is 0 Å². The van der Waals surface area contributed by atoms with Gasteiger partial charge in [-0.25, -0.2) is 0 Å². The van der Waals surface area contributed by atoms with E-state index in [0.29, 0.717) is 11.9 Å². The van der Waals surface area contributed by atoms with E-state index in [1.807, 2.05) is 13.1 Å². The Labute approximate surface area is 114 Å². The summed E-state index contributed by atoms with van der Waals surface area (Å²) in [6.07, 6.45) is 0.947. The van der Waals surface area contributed by atoms with E-state index >= 15 is 0 Å². The Hall–Kier alpha value is -1.31. The predicted molar refractivity (Wildman–Crippen MR) is 79.0 cm³/mol.